The van der Waals surface area contributed by atoms with Crippen molar-refractivity contribution in [1.29, 1.82) is 0 Å². The number of carbonyl (C=O) groups excluding carboxylic acids is 1. The van der Waals surface area contributed by atoms with Crippen LogP contribution in [0.3, 0.4) is 0 Å². The molecule has 0 aromatic heterocycles. The van der Waals surface area contributed by atoms with Crippen molar-refractivity contribution in [3.05, 3.63) is 30.3 Å². The molecule has 1 rings (SSSR count). The molecule has 1 aromatic rings. The molecule has 1 aromatic carbocycles. The number of hydroxylamine groups is 1. The predicted octanol–water partition coefficient (Wildman–Crippen LogP) is 0.836. The van der Waals surface area contributed by atoms with Gasteiger partial charge in [0.1, 0.15) is 12.3 Å². The molecular formula is C9H10BF3N2O4. The minimum absolute atomic E-state index is 0.257. The summed E-state index contributed by atoms with van der Waals surface area (Å²) < 4.78 is 44.3. The molecule has 19 heavy (non-hydrogen) atoms. The lowest BCUT2D eigenvalue weighted by Gasteiger charge is -2.11. The number of rotatable bonds is 5. The fourth-order valence-electron chi connectivity index (χ4n) is 0.960. The largest absolute Gasteiger partial charge is 0.733 e. The summed E-state index contributed by atoms with van der Waals surface area (Å²) in [6, 6.07) is 6.74. The molecular weight excluding hydrogens is 268 g/mol. The fourth-order valence-corrected chi connectivity index (χ4v) is 0.960. The Bertz CT molecular complexity index is 404. The summed E-state index contributed by atoms with van der Waals surface area (Å²) in [6.07, 6.45) is -4.53. The Hall–Kier alpha value is -1.94. The molecule has 0 unspecified atom stereocenters. The molecule has 0 saturated heterocycles. The van der Waals surface area contributed by atoms with Gasteiger partial charge in [-0.2, -0.15) is 13.2 Å². The molecule has 104 valence electrons. The Morgan fingerprint density at radius 1 is 1.32 bits per heavy atom. The average molecular weight is 278 g/mol. The first kappa shape index (κ1) is 15.1. The Balaban J connectivity index is 2.23. The van der Waals surface area contributed by atoms with Crippen molar-refractivity contribution in [3.63, 3.8) is 0 Å². The second kappa shape index (κ2) is 6.85. The highest BCUT2D eigenvalue weighted by Gasteiger charge is 2.28. The summed E-state index contributed by atoms with van der Waals surface area (Å²) in [5.41, 5.74) is 1.55. The zero-order chi connectivity index (χ0) is 14.3. The van der Waals surface area contributed by atoms with Crippen molar-refractivity contribution in [2.45, 2.75) is 6.18 Å². The lowest BCUT2D eigenvalue weighted by molar-refractivity contribution is -0.123. The van der Waals surface area contributed by atoms with E-state index in [1.54, 1.807) is 23.7 Å². The van der Waals surface area contributed by atoms with E-state index in [0.29, 0.717) is 0 Å². The summed E-state index contributed by atoms with van der Waals surface area (Å²) in [6.45, 7) is -1.52. The SMILES string of the molecule is O=C(NCC(F)(F)F)NOB(O)Oc1ccccc1. The molecule has 0 spiro atoms. The smallest absolute Gasteiger partial charge is 0.511 e. The number of carbonyl (C=O) groups is 1. The lowest BCUT2D eigenvalue weighted by atomic mass is 10.2. The maximum atomic E-state index is 11.7. The van der Waals surface area contributed by atoms with Crippen LogP contribution in [0, 0.1) is 0 Å². The number of para-hydroxylation sites is 1. The molecule has 0 saturated carbocycles. The summed E-state index contributed by atoms with van der Waals surface area (Å²) >= 11 is 0. The number of benzene rings is 1. The third kappa shape index (κ3) is 7.16. The van der Waals surface area contributed by atoms with E-state index < -0.39 is 26.1 Å². The van der Waals surface area contributed by atoms with Crippen molar-refractivity contribution < 1.29 is 32.4 Å². The van der Waals surface area contributed by atoms with Crippen LogP contribution >= 0.6 is 0 Å². The number of hydrogen-bond acceptors (Lipinski definition) is 4. The number of hydrogen-bond donors (Lipinski definition) is 3. The third-order valence-corrected chi connectivity index (χ3v) is 1.68. The van der Waals surface area contributed by atoms with Gasteiger partial charge in [-0.1, -0.05) is 18.2 Å². The van der Waals surface area contributed by atoms with Gasteiger partial charge in [0.05, 0.1) is 0 Å². The molecule has 0 aliphatic carbocycles. The van der Waals surface area contributed by atoms with Gasteiger partial charge in [0.15, 0.2) is 0 Å². The topological polar surface area (TPSA) is 79.8 Å². The van der Waals surface area contributed by atoms with Gasteiger partial charge in [0.2, 0.25) is 0 Å². The second-order valence-electron chi connectivity index (χ2n) is 3.26. The molecule has 0 atom stereocenters. The van der Waals surface area contributed by atoms with Crippen molar-refractivity contribution in [3.8, 4) is 5.75 Å². The second-order valence-corrected chi connectivity index (χ2v) is 3.26. The first-order valence-corrected chi connectivity index (χ1v) is 5.03. The maximum Gasteiger partial charge on any atom is 0.733 e. The number of alkyl halides is 3. The van der Waals surface area contributed by atoms with Crippen molar-refractivity contribution >= 4 is 13.4 Å². The molecule has 0 heterocycles. The highest BCUT2D eigenvalue weighted by molar-refractivity contribution is 6.35. The van der Waals surface area contributed by atoms with Gasteiger partial charge in [-0.25, -0.2) is 10.3 Å². The van der Waals surface area contributed by atoms with Crippen LogP contribution < -0.4 is 15.5 Å². The van der Waals surface area contributed by atoms with Gasteiger partial charge < -0.3 is 15.0 Å². The molecule has 6 nitrogen and oxygen atoms in total. The maximum absolute atomic E-state index is 11.7. The van der Waals surface area contributed by atoms with Crippen LogP contribution in [0.4, 0.5) is 18.0 Å². The predicted molar refractivity (Wildman–Crippen MR) is 58.7 cm³/mol. The molecule has 0 aliphatic rings. The van der Waals surface area contributed by atoms with E-state index >= 15 is 0 Å². The van der Waals surface area contributed by atoms with Crippen molar-refractivity contribution in [2.24, 2.45) is 0 Å². The normalized spacial score (nSPS) is 10.7. The Kier molecular flexibility index (Phi) is 5.46. The summed E-state index contributed by atoms with van der Waals surface area (Å²) in [4.78, 5) is 10.8. The molecule has 0 fully saturated rings. The van der Waals surface area contributed by atoms with Gasteiger partial charge >= 0.3 is 19.5 Å². The molecule has 10 heteroatoms. The highest BCUT2D eigenvalue weighted by Crippen LogP contribution is 2.12. The molecule has 2 amide bonds. The van der Waals surface area contributed by atoms with Gasteiger partial charge in [0, 0.05) is 0 Å². The minimum Gasteiger partial charge on any atom is -0.511 e. The zero-order valence-electron chi connectivity index (χ0n) is 9.48. The number of nitrogens with one attached hydrogen (secondary N) is 2. The summed E-state index contributed by atoms with van der Waals surface area (Å²) in [5, 5.41) is 10.6. The number of halogens is 3. The first-order valence-electron chi connectivity index (χ1n) is 5.03. The average Bonchev–Trinajstić information content (AvgIpc) is 2.34. The van der Waals surface area contributed by atoms with Gasteiger partial charge in [0.25, 0.3) is 0 Å². The Morgan fingerprint density at radius 2 is 1.95 bits per heavy atom. The van der Waals surface area contributed by atoms with E-state index in [4.69, 9.17) is 4.65 Å². The van der Waals surface area contributed by atoms with E-state index in [-0.39, 0.29) is 5.75 Å². The molecule has 0 aliphatic heterocycles. The molecule has 0 radical (unpaired) electrons. The van der Waals surface area contributed by atoms with Crippen LogP contribution in [0.5, 0.6) is 5.75 Å². The quantitative estimate of drug-likeness (QED) is 0.550. The van der Waals surface area contributed by atoms with Crippen LogP contribution in [-0.4, -0.2) is 31.1 Å². The lowest BCUT2D eigenvalue weighted by Crippen LogP contribution is -2.44. The van der Waals surface area contributed by atoms with Crippen LogP contribution in [0.1, 0.15) is 0 Å². The third-order valence-electron chi connectivity index (χ3n) is 1.68. The Morgan fingerprint density at radius 3 is 2.53 bits per heavy atom. The summed E-state index contributed by atoms with van der Waals surface area (Å²) in [7, 11) is -1.85. The van der Waals surface area contributed by atoms with Crippen LogP contribution in [0.25, 0.3) is 0 Å². The monoisotopic (exact) mass is 278 g/mol. The van der Waals surface area contributed by atoms with Crippen molar-refractivity contribution in [2.75, 3.05) is 6.54 Å². The van der Waals surface area contributed by atoms with Crippen molar-refractivity contribution in [1.82, 2.24) is 10.8 Å². The van der Waals surface area contributed by atoms with E-state index in [9.17, 15) is 23.0 Å². The van der Waals surface area contributed by atoms with E-state index in [1.165, 1.54) is 17.4 Å². The highest BCUT2D eigenvalue weighted by atomic mass is 19.4. The molecule has 3 N–H and O–H groups in total. The summed E-state index contributed by atoms with van der Waals surface area (Å²) in [5.74, 6) is 0.257. The van der Waals surface area contributed by atoms with E-state index in [2.05, 4.69) is 4.76 Å². The minimum atomic E-state index is -4.53. The van der Waals surface area contributed by atoms with Gasteiger partial charge in [-0.05, 0) is 12.1 Å². The first-order chi connectivity index (χ1) is 8.87. The van der Waals surface area contributed by atoms with Gasteiger partial charge in [-0.3, -0.25) is 4.76 Å². The van der Waals surface area contributed by atoms with Crippen LogP contribution in [0.2, 0.25) is 0 Å². The van der Waals surface area contributed by atoms with Gasteiger partial charge in [-0.15, -0.1) is 0 Å². The molecule has 0 bridgehead atoms. The standard InChI is InChI=1S/C9H10BF3N2O4/c11-9(12,13)6-14-8(16)15-19-10(17)18-7-4-2-1-3-5-7/h1-5,17H,6H2,(H2,14,15,16). The zero-order valence-corrected chi connectivity index (χ0v) is 9.48. The van der Waals surface area contributed by atoms with Crippen LogP contribution in [-0.2, 0) is 4.76 Å². The fraction of sp³-hybridized carbons (Fsp3) is 0.222. The van der Waals surface area contributed by atoms with E-state index in [1.807, 2.05) is 0 Å². The Labute approximate surface area is 106 Å². The number of amides is 2. The number of urea groups is 1. The van der Waals surface area contributed by atoms with Crippen LogP contribution in [0.15, 0.2) is 30.3 Å². The van der Waals surface area contributed by atoms with E-state index in [0.717, 1.165) is 0 Å².